The van der Waals surface area contributed by atoms with E-state index in [4.69, 9.17) is 11.6 Å². The van der Waals surface area contributed by atoms with Crippen molar-refractivity contribution < 1.29 is 9.59 Å². The van der Waals surface area contributed by atoms with Gasteiger partial charge in [0.1, 0.15) is 0 Å². The van der Waals surface area contributed by atoms with Crippen LogP contribution in [0.1, 0.15) is 68.1 Å². The highest BCUT2D eigenvalue weighted by atomic mass is 35.5. The molecule has 1 aliphatic heterocycles. The van der Waals surface area contributed by atoms with Crippen LogP contribution in [0.15, 0.2) is 24.3 Å². The van der Waals surface area contributed by atoms with Crippen LogP contribution >= 0.6 is 11.6 Å². The number of benzene rings is 1. The number of piperidine rings is 1. The minimum Gasteiger partial charge on any atom is -0.353 e. The number of carbonyl (C=O) groups is 2. The number of rotatable bonds is 5. The summed E-state index contributed by atoms with van der Waals surface area (Å²) in [5.74, 6) is 0.748. The van der Waals surface area contributed by atoms with Crippen molar-refractivity contribution in [2.75, 3.05) is 13.1 Å². The maximum atomic E-state index is 12.6. The highest BCUT2D eigenvalue weighted by molar-refractivity contribution is 6.33. The van der Waals surface area contributed by atoms with Gasteiger partial charge in [0.2, 0.25) is 5.91 Å². The second-order valence-electron chi connectivity index (χ2n) is 7.66. The largest absolute Gasteiger partial charge is 0.353 e. The number of amides is 2. The van der Waals surface area contributed by atoms with Crippen molar-refractivity contribution in [2.45, 2.75) is 63.8 Å². The first-order valence-electron chi connectivity index (χ1n) is 9.96. The van der Waals surface area contributed by atoms with E-state index in [1.54, 1.807) is 12.1 Å². The Morgan fingerprint density at radius 2 is 1.73 bits per heavy atom. The molecule has 5 heteroatoms. The summed E-state index contributed by atoms with van der Waals surface area (Å²) in [7, 11) is 0. The van der Waals surface area contributed by atoms with Crippen molar-refractivity contribution in [3.63, 3.8) is 0 Å². The summed E-state index contributed by atoms with van der Waals surface area (Å²) in [5, 5.41) is 3.71. The quantitative estimate of drug-likeness (QED) is 0.826. The van der Waals surface area contributed by atoms with E-state index >= 15 is 0 Å². The Hall–Kier alpha value is -1.55. The molecule has 4 nitrogen and oxygen atoms in total. The van der Waals surface area contributed by atoms with Crippen LogP contribution in [0, 0.1) is 5.92 Å². The lowest BCUT2D eigenvalue weighted by Gasteiger charge is -2.32. The minimum atomic E-state index is 0.0177. The van der Waals surface area contributed by atoms with Gasteiger partial charge in [0, 0.05) is 25.6 Å². The SMILES string of the molecule is O=C(CCC1CCN(C(=O)c2ccccc2Cl)CC1)NC1CCCCC1. The van der Waals surface area contributed by atoms with Gasteiger partial charge in [0.25, 0.3) is 5.91 Å². The van der Waals surface area contributed by atoms with Gasteiger partial charge in [0.05, 0.1) is 10.6 Å². The fourth-order valence-electron chi connectivity index (χ4n) is 4.11. The zero-order chi connectivity index (χ0) is 18.4. The molecule has 1 heterocycles. The van der Waals surface area contributed by atoms with Crippen LogP contribution < -0.4 is 5.32 Å². The molecule has 142 valence electrons. The van der Waals surface area contributed by atoms with Crippen LogP contribution in [-0.2, 0) is 4.79 Å². The van der Waals surface area contributed by atoms with E-state index in [0.717, 1.165) is 45.2 Å². The highest BCUT2D eigenvalue weighted by Gasteiger charge is 2.25. The summed E-state index contributed by atoms with van der Waals surface area (Å²) in [4.78, 5) is 26.6. The van der Waals surface area contributed by atoms with Crippen molar-refractivity contribution in [3.05, 3.63) is 34.9 Å². The molecular weight excluding hydrogens is 348 g/mol. The first-order chi connectivity index (χ1) is 12.6. The molecule has 0 spiro atoms. The fraction of sp³-hybridized carbons (Fsp3) is 0.619. The molecule has 1 aliphatic carbocycles. The van der Waals surface area contributed by atoms with E-state index in [2.05, 4.69) is 5.32 Å². The molecule has 1 saturated carbocycles. The van der Waals surface area contributed by atoms with Gasteiger partial charge in [-0.1, -0.05) is 43.0 Å². The number of hydrogen-bond acceptors (Lipinski definition) is 2. The molecule has 1 aromatic carbocycles. The number of halogens is 1. The Bertz CT molecular complexity index is 620. The van der Waals surface area contributed by atoms with E-state index in [1.807, 2.05) is 17.0 Å². The van der Waals surface area contributed by atoms with Crippen LogP contribution in [0.25, 0.3) is 0 Å². The molecule has 0 aromatic heterocycles. The number of nitrogens with one attached hydrogen (secondary N) is 1. The second kappa shape index (κ2) is 9.40. The van der Waals surface area contributed by atoms with E-state index < -0.39 is 0 Å². The maximum absolute atomic E-state index is 12.6. The van der Waals surface area contributed by atoms with Crippen molar-refractivity contribution >= 4 is 23.4 Å². The Morgan fingerprint density at radius 3 is 2.42 bits per heavy atom. The summed E-state index contributed by atoms with van der Waals surface area (Å²) in [6.45, 7) is 1.50. The normalized spacial score (nSPS) is 19.3. The molecule has 0 unspecified atom stereocenters. The summed E-state index contributed by atoms with van der Waals surface area (Å²) < 4.78 is 0. The van der Waals surface area contributed by atoms with Gasteiger partial charge >= 0.3 is 0 Å². The zero-order valence-corrected chi connectivity index (χ0v) is 16.1. The van der Waals surface area contributed by atoms with Crippen LogP contribution in [0.4, 0.5) is 0 Å². The van der Waals surface area contributed by atoms with Gasteiger partial charge in [0.15, 0.2) is 0 Å². The Balaban J connectivity index is 1.39. The highest BCUT2D eigenvalue weighted by Crippen LogP contribution is 2.25. The molecule has 26 heavy (non-hydrogen) atoms. The fourth-order valence-corrected chi connectivity index (χ4v) is 4.33. The average Bonchev–Trinajstić information content (AvgIpc) is 2.67. The third-order valence-corrected chi connectivity index (χ3v) is 6.09. The Labute approximate surface area is 161 Å². The van der Waals surface area contributed by atoms with Gasteiger partial charge in [-0.25, -0.2) is 0 Å². The predicted molar refractivity (Wildman–Crippen MR) is 104 cm³/mol. The summed E-state index contributed by atoms with van der Waals surface area (Å²) >= 11 is 6.14. The molecule has 1 N–H and O–H groups in total. The number of carbonyl (C=O) groups excluding carboxylic acids is 2. The third kappa shape index (κ3) is 5.23. The molecule has 2 fully saturated rings. The molecule has 2 aliphatic rings. The lowest BCUT2D eigenvalue weighted by molar-refractivity contribution is -0.122. The van der Waals surface area contributed by atoms with Gasteiger partial charge in [-0.2, -0.15) is 0 Å². The predicted octanol–water partition coefficient (Wildman–Crippen LogP) is 4.42. The molecular formula is C21H29ClN2O2. The van der Waals surface area contributed by atoms with Crippen molar-refractivity contribution in [1.29, 1.82) is 0 Å². The van der Waals surface area contributed by atoms with Gasteiger partial charge in [-0.05, 0) is 50.2 Å². The molecule has 3 rings (SSSR count). The smallest absolute Gasteiger partial charge is 0.255 e. The minimum absolute atomic E-state index is 0.0177. The lowest BCUT2D eigenvalue weighted by atomic mass is 9.91. The first-order valence-corrected chi connectivity index (χ1v) is 10.3. The van der Waals surface area contributed by atoms with Crippen molar-refractivity contribution in [1.82, 2.24) is 10.2 Å². The Kier molecular flexibility index (Phi) is 6.95. The van der Waals surface area contributed by atoms with E-state index in [1.165, 1.54) is 19.3 Å². The number of likely N-dealkylation sites (tertiary alicyclic amines) is 1. The molecule has 2 amide bonds. The van der Waals surface area contributed by atoms with E-state index in [9.17, 15) is 9.59 Å². The zero-order valence-electron chi connectivity index (χ0n) is 15.4. The Morgan fingerprint density at radius 1 is 1.04 bits per heavy atom. The molecule has 1 aromatic rings. The monoisotopic (exact) mass is 376 g/mol. The van der Waals surface area contributed by atoms with Crippen LogP contribution in [-0.4, -0.2) is 35.8 Å². The van der Waals surface area contributed by atoms with E-state index in [-0.39, 0.29) is 11.8 Å². The maximum Gasteiger partial charge on any atom is 0.255 e. The number of nitrogens with zero attached hydrogens (tertiary/aromatic N) is 1. The number of hydrogen-bond donors (Lipinski definition) is 1. The van der Waals surface area contributed by atoms with Crippen LogP contribution in [0.5, 0.6) is 0 Å². The molecule has 1 saturated heterocycles. The molecule has 0 radical (unpaired) electrons. The van der Waals surface area contributed by atoms with Crippen LogP contribution in [0.2, 0.25) is 5.02 Å². The van der Waals surface area contributed by atoms with Gasteiger partial charge < -0.3 is 10.2 Å². The average molecular weight is 377 g/mol. The van der Waals surface area contributed by atoms with E-state index in [0.29, 0.717) is 29.0 Å². The second-order valence-corrected chi connectivity index (χ2v) is 8.06. The summed E-state index contributed by atoms with van der Waals surface area (Å²) in [6, 6.07) is 7.62. The van der Waals surface area contributed by atoms with Crippen molar-refractivity contribution in [3.8, 4) is 0 Å². The standard InChI is InChI=1S/C21H29ClN2O2/c22-19-9-5-4-8-18(19)21(26)24-14-12-16(13-15-24)10-11-20(25)23-17-6-2-1-3-7-17/h4-5,8-9,16-17H,1-3,6-7,10-15H2,(H,23,25). The summed E-state index contributed by atoms with van der Waals surface area (Å²) in [6.07, 6.45) is 9.51. The van der Waals surface area contributed by atoms with Crippen LogP contribution in [0.3, 0.4) is 0 Å². The third-order valence-electron chi connectivity index (χ3n) is 5.76. The summed E-state index contributed by atoms with van der Waals surface area (Å²) in [5.41, 5.74) is 0.583. The first kappa shape index (κ1) is 19.2. The van der Waals surface area contributed by atoms with Gasteiger partial charge in [-0.3, -0.25) is 9.59 Å². The lowest BCUT2D eigenvalue weighted by Crippen LogP contribution is -2.39. The van der Waals surface area contributed by atoms with Crippen molar-refractivity contribution in [2.24, 2.45) is 5.92 Å². The molecule has 0 atom stereocenters. The van der Waals surface area contributed by atoms with Gasteiger partial charge in [-0.15, -0.1) is 0 Å². The molecule has 0 bridgehead atoms. The topological polar surface area (TPSA) is 49.4 Å².